The van der Waals surface area contributed by atoms with E-state index in [1.54, 1.807) is 0 Å². The first-order valence-corrected chi connectivity index (χ1v) is 5.08. The average molecular weight is 197 g/mol. The molecule has 0 amide bonds. The molecule has 0 aliphatic carbocycles. The third-order valence-electron chi connectivity index (χ3n) is 2.66. The summed E-state index contributed by atoms with van der Waals surface area (Å²) in [6.07, 6.45) is 1.96. The number of likely N-dealkylation sites (tertiary alicyclic amines) is 1. The van der Waals surface area contributed by atoms with Crippen molar-refractivity contribution in [3.05, 3.63) is 12.2 Å². The van der Waals surface area contributed by atoms with Crippen LogP contribution in [-0.2, 0) is 9.53 Å². The lowest BCUT2D eigenvalue weighted by molar-refractivity contribution is -0.144. The summed E-state index contributed by atoms with van der Waals surface area (Å²) in [5, 5.41) is 0. The highest BCUT2D eigenvalue weighted by atomic mass is 16.5. The van der Waals surface area contributed by atoms with Gasteiger partial charge in [0.15, 0.2) is 0 Å². The Bertz CT molecular complexity index is 225. The molecule has 1 aliphatic rings. The lowest BCUT2D eigenvalue weighted by Gasteiger charge is -2.14. The van der Waals surface area contributed by atoms with Crippen molar-refractivity contribution in [2.45, 2.75) is 19.8 Å². The van der Waals surface area contributed by atoms with Crippen molar-refractivity contribution < 1.29 is 9.53 Å². The Morgan fingerprint density at radius 1 is 1.64 bits per heavy atom. The summed E-state index contributed by atoms with van der Waals surface area (Å²) in [5.74, 6) is 0.0212. The number of nitrogens with zero attached hydrogens (tertiary/aromatic N) is 1. The van der Waals surface area contributed by atoms with E-state index in [1.165, 1.54) is 12.7 Å². The lowest BCUT2D eigenvalue weighted by atomic mass is 10.1. The van der Waals surface area contributed by atoms with Gasteiger partial charge in [-0.05, 0) is 26.3 Å². The molecule has 1 fully saturated rings. The van der Waals surface area contributed by atoms with Crippen molar-refractivity contribution in [1.29, 1.82) is 0 Å². The summed E-state index contributed by atoms with van der Waals surface area (Å²) in [7, 11) is 1.46. The molecule has 1 saturated heterocycles. The van der Waals surface area contributed by atoms with Crippen LogP contribution in [0.1, 0.15) is 19.8 Å². The summed E-state index contributed by atoms with van der Waals surface area (Å²) in [5.41, 5.74) is 1.20. The first-order valence-electron chi connectivity index (χ1n) is 5.08. The van der Waals surface area contributed by atoms with Crippen LogP contribution in [0.3, 0.4) is 0 Å². The number of rotatable bonds is 4. The Morgan fingerprint density at radius 2 is 2.36 bits per heavy atom. The van der Waals surface area contributed by atoms with Crippen LogP contribution < -0.4 is 0 Å². The quantitative estimate of drug-likeness (QED) is 0.504. The van der Waals surface area contributed by atoms with Crippen molar-refractivity contribution >= 4 is 5.97 Å². The first kappa shape index (κ1) is 11.2. The summed E-state index contributed by atoms with van der Waals surface area (Å²) in [6, 6.07) is 0. The van der Waals surface area contributed by atoms with Gasteiger partial charge in [-0.1, -0.05) is 5.57 Å². The van der Waals surface area contributed by atoms with E-state index >= 15 is 0 Å². The van der Waals surface area contributed by atoms with Crippen LogP contribution in [-0.4, -0.2) is 37.6 Å². The molecule has 1 atom stereocenters. The Morgan fingerprint density at radius 3 is 2.93 bits per heavy atom. The van der Waals surface area contributed by atoms with Crippen LogP contribution in [0.5, 0.6) is 0 Å². The van der Waals surface area contributed by atoms with Crippen molar-refractivity contribution in [1.82, 2.24) is 4.90 Å². The Kier molecular flexibility index (Phi) is 4.14. The van der Waals surface area contributed by atoms with Gasteiger partial charge in [-0.25, -0.2) is 0 Å². The van der Waals surface area contributed by atoms with Gasteiger partial charge in [0, 0.05) is 13.1 Å². The molecular formula is C11H19NO2. The molecule has 0 aromatic carbocycles. The fraction of sp³-hybridized carbons (Fsp3) is 0.727. The number of carbonyl (C=O) groups excluding carboxylic acids is 1. The maximum Gasteiger partial charge on any atom is 0.310 e. The fourth-order valence-electron chi connectivity index (χ4n) is 1.74. The van der Waals surface area contributed by atoms with Crippen molar-refractivity contribution in [3.8, 4) is 0 Å². The number of carbonyl (C=O) groups is 1. The van der Waals surface area contributed by atoms with Gasteiger partial charge >= 0.3 is 5.97 Å². The minimum absolute atomic E-state index is 0.0668. The van der Waals surface area contributed by atoms with Crippen LogP contribution in [0.4, 0.5) is 0 Å². The number of hydrogen-bond donors (Lipinski definition) is 0. The van der Waals surface area contributed by atoms with Crippen LogP contribution in [0.2, 0.25) is 0 Å². The fourth-order valence-corrected chi connectivity index (χ4v) is 1.74. The van der Waals surface area contributed by atoms with Gasteiger partial charge in [0.25, 0.3) is 0 Å². The molecule has 80 valence electrons. The van der Waals surface area contributed by atoms with Crippen LogP contribution >= 0.6 is 0 Å². The van der Waals surface area contributed by atoms with E-state index in [-0.39, 0.29) is 11.9 Å². The molecule has 3 nitrogen and oxygen atoms in total. The number of methoxy groups -OCH3 is 1. The molecule has 0 N–H and O–H groups in total. The lowest BCUT2D eigenvalue weighted by Crippen LogP contribution is -2.25. The van der Waals surface area contributed by atoms with Crippen molar-refractivity contribution in [2.24, 2.45) is 5.92 Å². The zero-order chi connectivity index (χ0) is 10.6. The molecule has 0 aromatic heterocycles. The minimum Gasteiger partial charge on any atom is -0.469 e. The highest BCUT2D eigenvalue weighted by Crippen LogP contribution is 2.17. The third kappa shape index (κ3) is 3.14. The van der Waals surface area contributed by atoms with E-state index in [9.17, 15) is 4.79 Å². The molecule has 0 spiro atoms. The Balaban J connectivity index is 2.27. The zero-order valence-corrected chi connectivity index (χ0v) is 9.08. The van der Waals surface area contributed by atoms with E-state index in [4.69, 9.17) is 4.74 Å². The van der Waals surface area contributed by atoms with Gasteiger partial charge in [0.2, 0.25) is 0 Å². The number of esters is 1. The molecular weight excluding hydrogens is 178 g/mol. The molecule has 3 heteroatoms. The summed E-state index contributed by atoms with van der Waals surface area (Å²) in [6.45, 7) is 8.77. The van der Waals surface area contributed by atoms with Crippen molar-refractivity contribution in [3.63, 3.8) is 0 Å². The second kappa shape index (κ2) is 5.15. The summed E-state index contributed by atoms with van der Waals surface area (Å²) < 4.78 is 4.72. The van der Waals surface area contributed by atoms with Gasteiger partial charge < -0.3 is 9.64 Å². The molecule has 14 heavy (non-hydrogen) atoms. The van der Waals surface area contributed by atoms with Gasteiger partial charge in [0.1, 0.15) is 0 Å². The second-order valence-electron chi connectivity index (χ2n) is 4.02. The van der Waals surface area contributed by atoms with E-state index in [0.717, 1.165) is 32.5 Å². The predicted molar refractivity (Wildman–Crippen MR) is 56.0 cm³/mol. The molecule has 0 bridgehead atoms. The minimum atomic E-state index is -0.0668. The maximum absolute atomic E-state index is 11.2. The zero-order valence-electron chi connectivity index (χ0n) is 9.08. The van der Waals surface area contributed by atoms with Crippen LogP contribution in [0, 0.1) is 5.92 Å². The maximum atomic E-state index is 11.2. The largest absolute Gasteiger partial charge is 0.469 e. The number of ether oxygens (including phenoxy) is 1. The normalized spacial score (nSPS) is 22.3. The molecule has 1 heterocycles. The standard InChI is InChI=1S/C11H19NO2/c1-9(2)4-6-12-7-5-10(8-12)11(13)14-3/h10H,1,4-8H2,2-3H3. The van der Waals surface area contributed by atoms with Crippen LogP contribution in [0.25, 0.3) is 0 Å². The molecule has 1 unspecified atom stereocenters. The molecule has 0 saturated carbocycles. The van der Waals surface area contributed by atoms with Crippen molar-refractivity contribution in [2.75, 3.05) is 26.7 Å². The van der Waals surface area contributed by atoms with E-state index in [0.29, 0.717) is 0 Å². The Labute approximate surface area is 85.7 Å². The van der Waals surface area contributed by atoms with E-state index < -0.39 is 0 Å². The average Bonchev–Trinajstić information content (AvgIpc) is 2.62. The first-order chi connectivity index (χ1) is 6.63. The summed E-state index contributed by atoms with van der Waals surface area (Å²) in [4.78, 5) is 13.5. The van der Waals surface area contributed by atoms with Crippen LogP contribution in [0.15, 0.2) is 12.2 Å². The monoisotopic (exact) mass is 197 g/mol. The van der Waals surface area contributed by atoms with Gasteiger partial charge in [-0.15, -0.1) is 6.58 Å². The van der Waals surface area contributed by atoms with Gasteiger partial charge in [-0.2, -0.15) is 0 Å². The second-order valence-corrected chi connectivity index (χ2v) is 4.02. The number of hydrogen-bond acceptors (Lipinski definition) is 3. The highest BCUT2D eigenvalue weighted by Gasteiger charge is 2.28. The topological polar surface area (TPSA) is 29.5 Å². The van der Waals surface area contributed by atoms with Gasteiger partial charge in [0.05, 0.1) is 13.0 Å². The third-order valence-corrected chi connectivity index (χ3v) is 2.66. The van der Waals surface area contributed by atoms with E-state index in [2.05, 4.69) is 11.5 Å². The van der Waals surface area contributed by atoms with E-state index in [1.807, 2.05) is 6.92 Å². The summed E-state index contributed by atoms with van der Waals surface area (Å²) >= 11 is 0. The predicted octanol–water partition coefficient (Wildman–Crippen LogP) is 1.45. The molecule has 0 aromatic rings. The molecule has 1 rings (SSSR count). The Hall–Kier alpha value is -0.830. The highest BCUT2D eigenvalue weighted by molar-refractivity contribution is 5.72. The SMILES string of the molecule is C=C(C)CCN1CCC(C(=O)OC)C1. The molecule has 0 radical (unpaired) electrons. The smallest absolute Gasteiger partial charge is 0.310 e. The molecule has 1 aliphatic heterocycles. The van der Waals surface area contributed by atoms with Gasteiger partial charge in [-0.3, -0.25) is 4.79 Å².